The van der Waals surface area contributed by atoms with Crippen LogP contribution in [0.1, 0.15) is 5.56 Å². The maximum atomic E-state index is 4.52. The Balaban J connectivity index is 2.00. The Labute approximate surface area is 117 Å². The van der Waals surface area contributed by atoms with Crippen molar-refractivity contribution in [2.24, 2.45) is 0 Å². The van der Waals surface area contributed by atoms with E-state index < -0.39 is 0 Å². The molecule has 20 heavy (non-hydrogen) atoms. The van der Waals surface area contributed by atoms with E-state index in [9.17, 15) is 0 Å². The van der Waals surface area contributed by atoms with Crippen LogP contribution in [0.2, 0.25) is 0 Å². The maximum Gasteiger partial charge on any atom is 0.163 e. The van der Waals surface area contributed by atoms with E-state index in [-0.39, 0.29) is 0 Å². The Kier molecular flexibility index (Phi) is 3.33. The molecular formula is C17H13N3. The van der Waals surface area contributed by atoms with E-state index in [2.05, 4.69) is 21.5 Å². The van der Waals surface area contributed by atoms with Crippen molar-refractivity contribution in [1.82, 2.24) is 15.0 Å². The third-order valence-corrected chi connectivity index (χ3v) is 3.01. The molecule has 0 saturated heterocycles. The highest BCUT2D eigenvalue weighted by atomic mass is 15.0. The lowest BCUT2D eigenvalue weighted by atomic mass is 10.1. The lowest BCUT2D eigenvalue weighted by molar-refractivity contribution is 1.06. The van der Waals surface area contributed by atoms with Gasteiger partial charge in [-0.3, -0.25) is 0 Å². The van der Waals surface area contributed by atoms with Gasteiger partial charge in [-0.15, -0.1) is 0 Å². The number of rotatable bonds is 3. The minimum absolute atomic E-state index is 0.675. The van der Waals surface area contributed by atoms with Crippen molar-refractivity contribution in [3.05, 3.63) is 73.1 Å². The van der Waals surface area contributed by atoms with Crippen LogP contribution in [0.3, 0.4) is 0 Å². The second-order valence-corrected chi connectivity index (χ2v) is 4.32. The normalized spacial score (nSPS) is 10.2. The van der Waals surface area contributed by atoms with Gasteiger partial charge in [-0.05, 0) is 5.56 Å². The average Bonchev–Trinajstić information content (AvgIpc) is 2.56. The minimum atomic E-state index is 0.675. The molecule has 0 spiro atoms. The zero-order valence-electron chi connectivity index (χ0n) is 10.9. The molecule has 3 rings (SSSR count). The second kappa shape index (κ2) is 5.45. The standard InChI is InChI=1S/C17H13N3/c1-2-13-8-10-15(11-9-13)17-19-12-18-16(20-17)14-6-4-3-5-7-14/h2-12H,1H2. The molecule has 0 aliphatic rings. The van der Waals surface area contributed by atoms with Crippen molar-refractivity contribution in [3.8, 4) is 22.8 Å². The summed E-state index contributed by atoms with van der Waals surface area (Å²) in [5.41, 5.74) is 3.03. The number of hydrogen-bond acceptors (Lipinski definition) is 3. The van der Waals surface area contributed by atoms with Crippen molar-refractivity contribution < 1.29 is 0 Å². The monoisotopic (exact) mass is 259 g/mol. The number of hydrogen-bond donors (Lipinski definition) is 0. The SMILES string of the molecule is C=Cc1ccc(-c2ncnc(-c3ccccc3)n2)cc1. The van der Waals surface area contributed by atoms with Crippen molar-refractivity contribution in [1.29, 1.82) is 0 Å². The van der Waals surface area contributed by atoms with E-state index >= 15 is 0 Å². The first-order valence-corrected chi connectivity index (χ1v) is 6.34. The lowest BCUT2D eigenvalue weighted by Gasteiger charge is -2.03. The van der Waals surface area contributed by atoms with Crippen LogP contribution in [0.5, 0.6) is 0 Å². The van der Waals surface area contributed by atoms with E-state index in [0.29, 0.717) is 11.6 Å². The molecule has 0 unspecified atom stereocenters. The molecule has 0 atom stereocenters. The molecule has 1 aromatic heterocycles. The van der Waals surface area contributed by atoms with Gasteiger partial charge in [0.2, 0.25) is 0 Å². The first-order valence-electron chi connectivity index (χ1n) is 6.34. The molecule has 0 amide bonds. The largest absolute Gasteiger partial charge is 0.217 e. The van der Waals surface area contributed by atoms with Gasteiger partial charge < -0.3 is 0 Å². The van der Waals surface area contributed by atoms with Gasteiger partial charge >= 0.3 is 0 Å². The first-order chi connectivity index (χ1) is 9.86. The van der Waals surface area contributed by atoms with Crippen LogP contribution in [0.4, 0.5) is 0 Å². The fraction of sp³-hybridized carbons (Fsp3) is 0. The Hall–Kier alpha value is -2.81. The van der Waals surface area contributed by atoms with Gasteiger partial charge in [0.15, 0.2) is 11.6 Å². The summed E-state index contributed by atoms with van der Waals surface area (Å²) in [6.07, 6.45) is 3.36. The topological polar surface area (TPSA) is 38.7 Å². The zero-order chi connectivity index (χ0) is 13.8. The summed E-state index contributed by atoms with van der Waals surface area (Å²) in [4.78, 5) is 13.0. The molecule has 96 valence electrons. The molecule has 0 N–H and O–H groups in total. The van der Waals surface area contributed by atoms with Gasteiger partial charge in [0.1, 0.15) is 6.33 Å². The maximum absolute atomic E-state index is 4.52. The highest BCUT2D eigenvalue weighted by Gasteiger charge is 2.05. The van der Waals surface area contributed by atoms with Crippen LogP contribution >= 0.6 is 0 Å². The molecule has 0 saturated carbocycles. The van der Waals surface area contributed by atoms with Gasteiger partial charge in [0.25, 0.3) is 0 Å². The lowest BCUT2D eigenvalue weighted by Crippen LogP contribution is -1.94. The van der Waals surface area contributed by atoms with Crippen LogP contribution in [-0.4, -0.2) is 15.0 Å². The summed E-state index contributed by atoms with van der Waals surface area (Å²) in [6.45, 7) is 3.75. The summed E-state index contributed by atoms with van der Waals surface area (Å²) in [7, 11) is 0. The molecule has 3 aromatic rings. The van der Waals surface area contributed by atoms with Gasteiger partial charge in [0.05, 0.1) is 0 Å². The third-order valence-electron chi connectivity index (χ3n) is 3.01. The van der Waals surface area contributed by atoms with Crippen LogP contribution in [0, 0.1) is 0 Å². The van der Waals surface area contributed by atoms with Crippen LogP contribution in [0.25, 0.3) is 28.9 Å². The molecule has 2 aromatic carbocycles. The second-order valence-electron chi connectivity index (χ2n) is 4.32. The van der Waals surface area contributed by atoms with E-state index in [1.807, 2.05) is 60.7 Å². The smallest absolute Gasteiger partial charge is 0.163 e. The number of aromatic nitrogens is 3. The van der Waals surface area contributed by atoms with Gasteiger partial charge in [-0.1, -0.05) is 67.3 Å². The molecule has 0 bridgehead atoms. The third kappa shape index (κ3) is 2.47. The molecule has 1 heterocycles. The van der Waals surface area contributed by atoms with E-state index in [1.54, 1.807) is 6.33 Å². The summed E-state index contributed by atoms with van der Waals surface area (Å²) in [5, 5.41) is 0. The Morgan fingerprint density at radius 2 is 1.35 bits per heavy atom. The van der Waals surface area contributed by atoms with Crippen molar-refractivity contribution in [2.45, 2.75) is 0 Å². The highest BCUT2D eigenvalue weighted by molar-refractivity contribution is 5.62. The molecule has 3 nitrogen and oxygen atoms in total. The summed E-state index contributed by atoms with van der Waals surface area (Å²) in [6, 6.07) is 17.8. The van der Waals surface area contributed by atoms with Crippen LogP contribution in [-0.2, 0) is 0 Å². The molecule has 3 heteroatoms. The summed E-state index contributed by atoms with van der Waals surface area (Å²) < 4.78 is 0. The average molecular weight is 259 g/mol. The van der Waals surface area contributed by atoms with Crippen molar-refractivity contribution in [2.75, 3.05) is 0 Å². The Morgan fingerprint density at radius 1 is 0.750 bits per heavy atom. The van der Waals surface area contributed by atoms with E-state index in [0.717, 1.165) is 16.7 Å². The fourth-order valence-corrected chi connectivity index (χ4v) is 1.93. The van der Waals surface area contributed by atoms with Crippen molar-refractivity contribution >= 4 is 6.08 Å². The predicted octanol–water partition coefficient (Wildman–Crippen LogP) is 3.85. The highest BCUT2D eigenvalue weighted by Crippen LogP contribution is 2.19. The van der Waals surface area contributed by atoms with Crippen LogP contribution < -0.4 is 0 Å². The predicted molar refractivity (Wildman–Crippen MR) is 80.8 cm³/mol. The number of nitrogens with zero attached hydrogens (tertiary/aromatic N) is 3. The van der Waals surface area contributed by atoms with E-state index in [1.165, 1.54) is 0 Å². The van der Waals surface area contributed by atoms with Crippen LogP contribution in [0.15, 0.2) is 67.5 Å². The minimum Gasteiger partial charge on any atom is -0.217 e. The molecule has 0 fully saturated rings. The Bertz CT molecular complexity index is 719. The van der Waals surface area contributed by atoms with E-state index in [4.69, 9.17) is 0 Å². The summed E-state index contributed by atoms with van der Waals surface area (Å²) >= 11 is 0. The van der Waals surface area contributed by atoms with Crippen molar-refractivity contribution in [3.63, 3.8) is 0 Å². The first kappa shape index (κ1) is 12.2. The van der Waals surface area contributed by atoms with Gasteiger partial charge in [-0.2, -0.15) is 0 Å². The van der Waals surface area contributed by atoms with Gasteiger partial charge in [-0.25, -0.2) is 15.0 Å². The Morgan fingerprint density at radius 3 is 1.95 bits per heavy atom. The fourth-order valence-electron chi connectivity index (χ4n) is 1.93. The molecular weight excluding hydrogens is 246 g/mol. The number of benzene rings is 2. The molecule has 0 aliphatic carbocycles. The van der Waals surface area contributed by atoms with Gasteiger partial charge in [0, 0.05) is 11.1 Å². The zero-order valence-corrected chi connectivity index (χ0v) is 10.9. The molecule has 0 aliphatic heterocycles. The summed E-state index contributed by atoms with van der Waals surface area (Å²) in [5.74, 6) is 1.36. The quantitative estimate of drug-likeness (QED) is 0.717. The molecule has 0 radical (unpaired) electrons.